The van der Waals surface area contributed by atoms with Gasteiger partial charge >= 0.3 is 17.9 Å². The smallest absolute Gasteiger partial charge is 0.361 e. The molecule has 0 aliphatic heterocycles. The Morgan fingerprint density at radius 1 is 0.413 bits per heavy atom. The lowest BCUT2D eigenvalue weighted by molar-refractivity contribution is -0.870. The normalized spacial score (nSPS) is 13.3. The monoisotopic (exact) mass is 1050 g/mol. The van der Waals surface area contributed by atoms with E-state index >= 15 is 0 Å². The standard InChI is InChI=1S/C66H115NO8/c1-6-8-10-12-14-16-18-20-22-24-26-28-30-31-32-33-35-37-39-41-43-45-47-49-51-53-55-57-64(69)75-62(61-74-66(65(70)71)72-59-58-67(3,4)5)60-73-63(68)56-54-52-50-48-46-44-42-40-38-36-34-29-27-25-23-21-19-17-15-13-11-9-7-2/h8,10,14,16,19-22,25-28,34,36,62,66H,6-7,9,11-13,15,17-18,23-24,29-33,35,37-61H2,1-5H3/p+1/b10-8-,16-14-,21-19-,22-20-,27-25-,28-26-,36-34-. The Labute approximate surface area is 461 Å². The predicted octanol–water partition coefficient (Wildman–Crippen LogP) is 18.3. The number of unbranched alkanes of at least 4 members (excludes halogenated alkanes) is 27. The van der Waals surface area contributed by atoms with E-state index in [0.717, 1.165) is 89.9 Å². The molecule has 0 aromatic heterocycles. The third-order valence-electron chi connectivity index (χ3n) is 13.1. The minimum absolute atomic E-state index is 0.183. The Morgan fingerprint density at radius 3 is 1.13 bits per heavy atom. The lowest BCUT2D eigenvalue weighted by Crippen LogP contribution is -2.40. The molecule has 0 aliphatic rings. The van der Waals surface area contributed by atoms with Crippen LogP contribution in [0.5, 0.6) is 0 Å². The SMILES string of the molecule is CC/C=C\C/C=C\C/C=C\C/C=C\CCCCCCCCCCCCCCCCC(=O)OC(COC(=O)CCCCCCCCCC/C=C\C/C=C\C/C=C\CCCCCCC)COC(OCC[N+](C)(C)C)C(=O)O. The lowest BCUT2D eigenvalue weighted by Gasteiger charge is -2.25. The highest BCUT2D eigenvalue weighted by atomic mass is 16.7. The number of quaternary nitrogens is 1. The maximum Gasteiger partial charge on any atom is 0.361 e. The molecule has 0 aromatic carbocycles. The number of likely N-dealkylation sites (N-methyl/N-ethyl adjacent to an activating group) is 1. The number of nitrogens with zero attached hydrogens (tertiary/aromatic N) is 1. The fourth-order valence-corrected chi connectivity index (χ4v) is 8.42. The molecular formula is C66H116NO8+. The summed E-state index contributed by atoms with van der Waals surface area (Å²) in [5.41, 5.74) is 0. The van der Waals surface area contributed by atoms with Gasteiger partial charge in [-0.1, -0.05) is 240 Å². The van der Waals surface area contributed by atoms with E-state index in [9.17, 15) is 19.5 Å². The van der Waals surface area contributed by atoms with Crippen LogP contribution in [0.25, 0.3) is 0 Å². The first-order chi connectivity index (χ1) is 36.6. The molecule has 0 saturated heterocycles. The first-order valence-electron chi connectivity index (χ1n) is 30.8. The lowest BCUT2D eigenvalue weighted by atomic mass is 10.0. The number of aliphatic carboxylic acids is 1. The van der Waals surface area contributed by atoms with Crippen LogP contribution in [0.4, 0.5) is 0 Å². The Hall–Kier alpha value is -3.53. The fourth-order valence-electron chi connectivity index (χ4n) is 8.42. The van der Waals surface area contributed by atoms with Crippen LogP contribution in [0.15, 0.2) is 85.1 Å². The van der Waals surface area contributed by atoms with Crippen molar-refractivity contribution in [2.24, 2.45) is 0 Å². The fraction of sp³-hybridized carbons (Fsp3) is 0.742. The topological polar surface area (TPSA) is 108 Å². The van der Waals surface area contributed by atoms with Crippen molar-refractivity contribution in [3.63, 3.8) is 0 Å². The van der Waals surface area contributed by atoms with E-state index in [-0.39, 0.29) is 32.2 Å². The molecule has 0 amide bonds. The zero-order chi connectivity index (χ0) is 54.8. The van der Waals surface area contributed by atoms with E-state index in [1.165, 1.54) is 141 Å². The number of esters is 2. The highest BCUT2D eigenvalue weighted by molar-refractivity contribution is 5.71. The van der Waals surface area contributed by atoms with Gasteiger partial charge in [0.15, 0.2) is 6.10 Å². The quantitative estimate of drug-likeness (QED) is 0.0211. The average molecular weight is 1050 g/mol. The summed E-state index contributed by atoms with van der Waals surface area (Å²) in [7, 11) is 5.97. The molecule has 2 unspecified atom stereocenters. The summed E-state index contributed by atoms with van der Waals surface area (Å²) in [6.07, 6.45) is 72.3. The Kier molecular flexibility index (Phi) is 54.0. The van der Waals surface area contributed by atoms with Gasteiger partial charge in [-0.2, -0.15) is 0 Å². The van der Waals surface area contributed by atoms with E-state index in [2.05, 4.69) is 98.9 Å². The first-order valence-corrected chi connectivity index (χ1v) is 30.8. The maximum atomic E-state index is 12.9. The van der Waals surface area contributed by atoms with E-state index in [1.54, 1.807) is 0 Å². The third-order valence-corrected chi connectivity index (χ3v) is 13.1. The number of ether oxygens (including phenoxy) is 4. The van der Waals surface area contributed by atoms with Crippen molar-refractivity contribution in [1.82, 2.24) is 0 Å². The second kappa shape index (κ2) is 56.7. The van der Waals surface area contributed by atoms with Crippen LogP contribution >= 0.6 is 0 Å². The molecule has 0 spiro atoms. The van der Waals surface area contributed by atoms with Crippen LogP contribution in [0, 0.1) is 0 Å². The zero-order valence-electron chi connectivity index (χ0n) is 49.2. The molecule has 0 saturated carbocycles. The van der Waals surface area contributed by atoms with Crippen molar-refractivity contribution < 1.29 is 42.9 Å². The van der Waals surface area contributed by atoms with Crippen LogP contribution in [0.2, 0.25) is 0 Å². The zero-order valence-corrected chi connectivity index (χ0v) is 49.2. The van der Waals surface area contributed by atoms with E-state index in [0.29, 0.717) is 17.4 Å². The van der Waals surface area contributed by atoms with Gasteiger partial charge in [0.05, 0.1) is 34.4 Å². The number of carbonyl (C=O) groups excluding carboxylic acids is 2. The molecule has 0 aromatic rings. The van der Waals surface area contributed by atoms with Crippen molar-refractivity contribution >= 4 is 17.9 Å². The van der Waals surface area contributed by atoms with E-state index in [4.69, 9.17) is 18.9 Å². The largest absolute Gasteiger partial charge is 0.477 e. The van der Waals surface area contributed by atoms with Crippen LogP contribution < -0.4 is 0 Å². The summed E-state index contributed by atoms with van der Waals surface area (Å²) in [5.74, 6) is -2.01. The molecule has 2 atom stereocenters. The summed E-state index contributed by atoms with van der Waals surface area (Å²) in [4.78, 5) is 37.5. The van der Waals surface area contributed by atoms with Gasteiger partial charge in [-0.3, -0.25) is 9.59 Å². The van der Waals surface area contributed by atoms with Gasteiger partial charge in [0, 0.05) is 12.8 Å². The number of carbonyl (C=O) groups is 3. The third kappa shape index (κ3) is 58.0. The molecule has 1 N–H and O–H groups in total. The van der Waals surface area contributed by atoms with Gasteiger partial charge < -0.3 is 28.5 Å². The predicted molar refractivity (Wildman–Crippen MR) is 318 cm³/mol. The van der Waals surface area contributed by atoms with Gasteiger partial charge in [0.2, 0.25) is 0 Å². The van der Waals surface area contributed by atoms with Gasteiger partial charge in [-0.25, -0.2) is 4.79 Å². The van der Waals surface area contributed by atoms with Crippen LogP contribution in [0.1, 0.15) is 258 Å². The number of allylic oxidation sites excluding steroid dienone is 14. The van der Waals surface area contributed by atoms with Crippen LogP contribution in [-0.2, 0) is 33.3 Å². The summed E-state index contributed by atoms with van der Waals surface area (Å²) in [5, 5.41) is 9.72. The van der Waals surface area contributed by atoms with Gasteiger partial charge in [-0.05, 0) is 89.9 Å². The maximum absolute atomic E-state index is 12.9. The van der Waals surface area contributed by atoms with Crippen LogP contribution in [0.3, 0.4) is 0 Å². The number of rotatable bonds is 56. The highest BCUT2D eigenvalue weighted by Crippen LogP contribution is 2.16. The summed E-state index contributed by atoms with van der Waals surface area (Å²) in [6.45, 7) is 4.76. The van der Waals surface area contributed by atoms with E-state index < -0.39 is 24.3 Å². The number of carboxylic acid groups (broad SMARTS) is 1. The minimum atomic E-state index is -1.52. The summed E-state index contributed by atoms with van der Waals surface area (Å²) >= 11 is 0. The molecule has 9 heteroatoms. The van der Waals surface area contributed by atoms with Crippen molar-refractivity contribution in [3.05, 3.63) is 85.1 Å². The molecular weight excluding hydrogens is 935 g/mol. The molecule has 0 aliphatic carbocycles. The van der Waals surface area contributed by atoms with Gasteiger partial charge in [0.1, 0.15) is 13.2 Å². The molecule has 75 heavy (non-hydrogen) atoms. The molecule has 0 bridgehead atoms. The Balaban J connectivity index is 4.22. The van der Waals surface area contributed by atoms with Gasteiger partial charge in [-0.15, -0.1) is 0 Å². The van der Waals surface area contributed by atoms with E-state index in [1.807, 2.05) is 21.1 Å². The molecule has 0 rings (SSSR count). The molecule has 0 fully saturated rings. The Bertz CT molecular complexity index is 1500. The molecule has 432 valence electrons. The minimum Gasteiger partial charge on any atom is -0.477 e. The first kappa shape index (κ1) is 71.5. The number of hydrogen-bond donors (Lipinski definition) is 1. The van der Waals surface area contributed by atoms with Crippen molar-refractivity contribution in [2.75, 3.05) is 47.5 Å². The molecule has 0 heterocycles. The molecule has 0 radical (unpaired) electrons. The van der Waals surface area contributed by atoms with Crippen LogP contribution in [-0.4, -0.2) is 87.4 Å². The number of carboxylic acids is 1. The molecule has 9 nitrogen and oxygen atoms in total. The van der Waals surface area contributed by atoms with Crippen molar-refractivity contribution in [2.45, 2.75) is 270 Å². The number of hydrogen-bond acceptors (Lipinski definition) is 7. The van der Waals surface area contributed by atoms with Crippen molar-refractivity contribution in [1.29, 1.82) is 0 Å². The van der Waals surface area contributed by atoms with Crippen molar-refractivity contribution in [3.8, 4) is 0 Å². The summed E-state index contributed by atoms with van der Waals surface area (Å²) in [6, 6.07) is 0. The average Bonchev–Trinajstić information content (AvgIpc) is 3.38. The van der Waals surface area contributed by atoms with Gasteiger partial charge in [0.25, 0.3) is 6.29 Å². The second-order valence-corrected chi connectivity index (χ2v) is 21.6. The highest BCUT2D eigenvalue weighted by Gasteiger charge is 2.25. The summed E-state index contributed by atoms with van der Waals surface area (Å²) < 4.78 is 22.9. The Morgan fingerprint density at radius 2 is 0.760 bits per heavy atom. The second-order valence-electron chi connectivity index (χ2n) is 21.6.